The zero-order valence-corrected chi connectivity index (χ0v) is 16.2. The lowest BCUT2D eigenvalue weighted by Crippen LogP contribution is -2.25. The van der Waals surface area contributed by atoms with Crippen LogP contribution in [0.1, 0.15) is 28.8 Å². The maximum absolute atomic E-state index is 12.8. The predicted molar refractivity (Wildman–Crippen MR) is 102 cm³/mol. The third-order valence-corrected chi connectivity index (χ3v) is 5.81. The number of methoxy groups -OCH3 is 2. The van der Waals surface area contributed by atoms with Crippen molar-refractivity contribution in [1.29, 1.82) is 0 Å². The Hall–Kier alpha value is -2.74. The summed E-state index contributed by atoms with van der Waals surface area (Å²) in [5.41, 5.74) is 1.39. The Balaban J connectivity index is 1.80. The van der Waals surface area contributed by atoms with Gasteiger partial charge in [0.2, 0.25) is 0 Å². The quantitative estimate of drug-likeness (QED) is 0.758. The molecule has 0 heterocycles. The van der Waals surface area contributed by atoms with E-state index in [0.29, 0.717) is 28.3 Å². The molecule has 1 saturated carbocycles. The fourth-order valence-electron chi connectivity index (χ4n) is 2.65. The molecule has 0 radical (unpaired) electrons. The molecule has 3 rings (SSSR count). The number of hydrogen-bond donors (Lipinski definition) is 2. The molecule has 2 aromatic rings. The average Bonchev–Trinajstić information content (AvgIpc) is 3.45. The molecule has 144 valence electrons. The third kappa shape index (κ3) is 4.33. The number of carbonyl (C=O) groups excluding carboxylic acids is 1. The van der Waals surface area contributed by atoms with E-state index >= 15 is 0 Å². The van der Waals surface area contributed by atoms with Gasteiger partial charge in [-0.1, -0.05) is 0 Å². The van der Waals surface area contributed by atoms with Crippen LogP contribution < -0.4 is 19.5 Å². The molecule has 1 aliphatic carbocycles. The highest BCUT2D eigenvalue weighted by atomic mass is 32.2. The normalized spacial score (nSPS) is 13.7. The summed E-state index contributed by atoms with van der Waals surface area (Å²) >= 11 is 0. The number of carbonyl (C=O) groups is 1. The molecule has 2 aromatic carbocycles. The molecular weight excluding hydrogens is 368 g/mol. The molecule has 0 bridgehead atoms. The number of hydrogen-bond acceptors (Lipinski definition) is 5. The molecule has 0 aliphatic heterocycles. The van der Waals surface area contributed by atoms with Gasteiger partial charge in [-0.2, -0.15) is 0 Å². The van der Waals surface area contributed by atoms with Gasteiger partial charge in [-0.05, 0) is 55.7 Å². The summed E-state index contributed by atoms with van der Waals surface area (Å²) < 4.78 is 38.5. The van der Waals surface area contributed by atoms with Crippen LogP contribution in [-0.4, -0.2) is 34.6 Å². The molecule has 0 unspecified atom stereocenters. The smallest absolute Gasteiger partial charge is 0.262 e. The van der Waals surface area contributed by atoms with Crippen LogP contribution in [0.2, 0.25) is 0 Å². The first kappa shape index (κ1) is 19.0. The topological polar surface area (TPSA) is 93.7 Å². The fraction of sp³-hybridized carbons (Fsp3) is 0.316. The van der Waals surface area contributed by atoms with Crippen LogP contribution in [0.25, 0.3) is 0 Å². The van der Waals surface area contributed by atoms with Crippen LogP contribution in [0.5, 0.6) is 11.5 Å². The van der Waals surface area contributed by atoms with Crippen LogP contribution in [-0.2, 0) is 10.0 Å². The highest BCUT2D eigenvalue weighted by Crippen LogP contribution is 2.33. The second-order valence-corrected chi connectivity index (χ2v) is 8.05. The third-order valence-electron chi connectivity index (χ3n) is 4.28. The van der Waals surface area contributed by atoms with E-state index in [9.17, 15) is 13.2 Å². The van der Waals surface area contributed by atoms with Gasteiger partial charge in [0.15, 0.2) is 11.5 Å². The molecule has 7 nitrogen and oxygen atoms in total. The Labute approximate surface area is 158 Å². The monoisotopic (exact) mass is 390 g/mol. The Morgan fingerprint density at radius 2 is 1.63 bits per heavy atom. The molecule has 1 fully saturated rings. The number of anilines is 1. The van der Waals surface area contributed by atoms with Crippen molar-refractivity contribution in [3.8, 4) is 11.5 Å². The SMILES string of the molecule is COc1cc(C)c(S(=O)(=O)Nc2ccc(C(=O)NC3CC3)cc2)cc1OC. The van der Waals surface area contributed by atoms with Crippen molar-refractivity contribution in [2.24, 2.45) is 0 Å². The van der Waals surface area contributed by atoms with E-state index in [4.69, 9.17) is 9.47 Å². The van der Waals surface area contributed by atoms with Gasteiger partial charge in [-0.25, -0.2) is 8.42 Å². The van der Waals surface area contributed by atoms with Gasteiger partial charge in [0.1, 0.15) is 0 Å². The minimum atomic E-state index is -3.83. The van der Waals surface area contributed by atoms with E-state index < -0.39 is 10.0 Å². The molecule has 1 aliphatic rings. The lowest BCUT2D eigenvalue weighted by Gasteiger charge is -2.14. The Kier molecular flexibility index (Phi) is 5.27. The Bertz CT molecular complexity index is 951. The minimum Gasteiger partial charge on any atom is -0.493 e. The van der Waals surface area contributed by atoms with Crippen molar-refractivity contribution in [1.82, 2.24) is 5.32 Å². The van der Waals surface area contributed by atoms with Gasteiger partial charge in [-0.15, -0.1) is 0 Å². The van der Waals surface area contributed by atoms with E-state index in [1.807, 2.05) is 0 Å². The first-order valence-corrected chi connectivity index (χ1v) is 9.98. The number of ether oxygens (including phenoxy) is 2. The molecule has 1 amide bonds. The summed E-state index contributed by atoms with van der Waals surface area (Å²) in [6.45, 7) is 1.68. The van der Waals surface area contributed by atoms with E-state index in [1.54, 1.807) is 37.3 Å². The Morgan fingerprint density at radius 3 is 2.19 bits per heavy atom. The standard InChI is InChI=1S/C19H22N2O5S/c1-12-10-16(25-2)17(26-3)11-18(12)27(23,24)21-15-6-4-13(5-7-15)19(22)20-14-8-9-14/h4-7,10-11,14,21H,8-9H2,1-3H3,(H,20,22). The molecule has 0 aromatic heterocycles. The summed E-state index contributed by atoms with van der Waals surface area (Å²) in [6.07, 6.45) is 2.02. The summed E-state index contributed by atoms with van der Waals surface area (Å²) in [4.78, 5) is 12.1. The summed E-state index contributed by atoms with van der Waals surface area (Å²) in [5.74, 6) is 0.637. The molecule has 0 spiro atoms. The first-order valence-electron chi connectivity index (χ1n) is 8.50. The van der Waals surface area contributed by atoms with Gasteiger partial charge in [0.05, 0.1) is 19.1 Å². The number of rotatable bonds is 7. The van der Waals surface area contributed by atoms with Gasteiger partial charge in [0.25, 0.3) is 15.9 Å². The maximum atomic E-state index is 12.8. The van der Waals surface area contributed by atoms with Crippen LogP contribution in [0.4, 0.5) is 5.69 Å². The van der Waals surface area contributed by atoms with Gasteiger partial charge in [0, 0.05) is 23.4 Å². The van der Waals surface area contributed by atoms with Crippen molar-refractivity contribution < 1.29 is 22.7 Å². The number of aryl methyl sites for hydroxylation is 1. The first-order chi connectivity index (χ1) is 12.8. The second kappa shape index (κ2) is 7.48. The average molecular weight is 390 g/mol. The van der Waals surface area contributed by atoms with E-state index in [2.05, 4.69) is 10.0 Å². The van der Waals surface area contributed by atoms with Crippen molar-refractivity contribution in [2.45, 2.75) is 30.7 Å². The minimum absolute atomic E-state index is 0.0932. The highest BCUT2D eigenvalue weighted by molar-refractivity contribution is 7.92. The largest absolute Gasteiger partial charge is 0.493 e. The van der Waals surface area contributed by atoms with Gasteiger partial charge in [-0.3, -0.25) is 9.52 Å². The van der Waals surface area contributed by atoms with Crippen LogP contribution >= 0.6 is 0 Å². The maximum Gasteiger partial charge on any atom is 0.262 e. The number of nitrogens with one attached hydrogen (secondary N) is 2. The molecule has 27 heavy (non-hydrogen) atoms. The van der Waals surface area contributed by atoms with E-state index in [1.165, 1.54) is 20.3 Å². The highest BCUT2D eigenvalue weighted by Gasteiger charge is 2.24. The number of sulfonamides is 1. The summed E-state index contributed by atoms with van der Waals surface area (Å²) in [7, 11) is -0.892. The molecule has 0 saturated heterocycles. The lowest BCUT2D eigenvalue weighted by atomic mass is 10.2. The van der Waals surface area contributed by atoms with Crippen LogP contribution in [0, 0.1) is 6.92 Å². The van der Waals surface area contributed by atoms with Crippen molar-refractivity contribution in [2.75, 3.05) is 18.9 Å². The van der Waals surface area contributed by atoms with Crippen LogP contribution in [0.15, 0.2) is 41.3 Å². The van der Waals surface area contributed by atoms with E-state index in [-0.39, 0.29) is 16.8 Å². The number of amides is 1. The predicted octanol–water partition coefficient (Wildman–Crippen LogP) is 2.71. The molecule has 2 N–H and O–H groups in total. The fourth-order valence-corrected chi connectivity index (χ4v) is 3.95. The van der Waals surface area contributed by atoms with Crippen molar-refractivity contribution in [3.05, 3.63) is 47.5 Å². The van der Waals surface area contributed by atoms with Gasteiger partial charge >= 0.3 is 0 Å². The summed E-state index contributed by atoms with van der Waals surface area (Å²) in [6, 6.07) is 9.62. The Morgan fingerprint density at radius 1 is 1.04 bits per heavy atom. The second-order valence-electron chi connectivity index (χ2n) is 6.40. The van der Waals surface area contributed by atoms with E-state index in [0.717, 1.165) is 12.8 Å². The zero-order valence-electron chi connectivity index (χ0n) is 15.4. The molecular formula is C19H22N2O5S. The molecule has 0 atom stereocenters. The summed E-state index contributed by atoms with van der Waals surface area (Å²) in [5, 5.41) is 2.89. The lowest BCUT2D eigenvalue weighted by molar-refractivity contribution is 0.0951. The van der Waals surface area contributed by atoms with Gasteiger partial charge < -0.3 is 14.8 Å². The van der Waals surface area contributed by atoms with Crippen molar-refractivity contribution >= 4 is 21.6 Å². The van der Waals surface area contributed by atoms with Crippen molar-refractivity contribution in [3.63, 3.8) is 0 Å². The molecule has 8 heteroatoms. The number of benzene rings is 2. The zero-order chi connectivity index (χ0) is 19.6. The van der Waals surface area contributed by atoms with Crippen LogP contribution in [0.3, 0.4) is 0 Å².